The number of fused-ring (bicyclic) bond motifs is 2. The number of aromatic amines is 1. The second kappa shape index (κ2) is 7.73. The molecule has 4 aromatic heterocycles. The lowest BCUT2D eigenvalue weighted by Crippen LogP contribution is -2.36. The summed E-state index contributed by atoms with van der Waals surface area (Å²) in [4.78, 5) is 17.2. The molecule has 0 spiro atoms. The van der Waals surface area contributed by atoms with E-state index in [1.165, 1.54) is 27.1 Å². The fourth-order valence-electron chi connectivity index (χ4n) is 4.24. The Morgan fingerprint density at radius 3 is 2.93 bits per heavy atom. The van der Waals surface area contributed by atoms with Crippen molar-refractivity contribution in [2.24, 2.45) is 0 Å². The Kier molecular flexibility index (Phi) is 4.75. The largest absolute Gasteiger partial charge is 0.379 e. The molecule has 1 fully saturated rings. The Labute approximate surface area is 182 Å². The molecule has 0 aliphatic carbocycles. The second-order valence-corrected chi connectivity index (χ2v) is 9.51. The number of ether oxygens (including phenoxy) is 1. The highest BCUT2D eigenvalue weighted by Gasteiger charge is 2.25. The molecule has 4 aromatic rings. The van der Waals surface area contributed by atoms with E-state index < -0.39 is 0 Å². The maximum Gasteiger partial charge on any atom is 0.146 e. The van der Waals surface area contributed by atoms with E-state index in [1.807, 2.05) is 6.20 Å². The van der Waals surface area contributed by atoms with E-state index >= 15 is 0 Å². The predicted molar refractivity (Wildman–Crippen MR) is 120 cm³/mol. The van der Waals surface area contributed by atoms with Gasteiger partial charge >= 0.3 is 0 Å². The molecule has 0 saturated carbocycles. The van der Waals surface area contributed by atoms with E-state index in [-0.39, 0.29) is 0 Å². The van der Waals surface area contributed by atoms with Gasteiger partial charge in [-0.05, 0) is 11.4 Å². The van der Waals surface area contributed by atoms with Gasteiger partial charge in [-0.3, -0.25) is 10.00 Å². The van der Waals surface area contributed by atoms with Gasteiger partial charge in [0.05, 0.1) is 31.3 Å². The number of rotatable bonds is 4. The summed E-state index contributed by atoms with van der Waals surface area (Å²) in [5, 5.41) is 12.9. The number of H-pyrrole nitrogens is 1. The van der Waals surface area contributed by atoms with Crippen LogP contribution >= 0.6 is 22.7 Å². The summed E-state index contributed by atoms with van der Waals surface area (Å²) in [6.07, 6.45) is 2.90. The van der Waals surface area contributed by atoms with Crippen molar-refractivity contribution in [2.45, 2.75) is 19.5 Å². The molecule has 0 unspecified atom stereocenters. The molecule has 0 atom stereocenters. The number of morpholine rings is 1. The molecule has 1 N–H and O–H groups in total. The number of nitrogens with one attached hydrogen (secondary N) is 1. The number of hydrogen-bond donors (Lipinski definition) is 1. The average Bonchev–Trinajstić information content (AvgIpc) is 3.53. The first-order valence-electron chi connectivity index (χ1n) is 10.2. The lowest BCUT2D eigenvalue weighted by Gasteiger charge is -2.29. The van der Waals surface area contributed by atoms with Gasteiger partial charge in [0.25, 0.3) is 0 Å². The Bertz CT molecular complexity index is 1160. The highest BCUT2D eigenvalue weighted by molar-refractivity contribution is 7.18. The van der Waals surface area contributed by atoms with Crippen LogP contribution in [0, 0.1) is 0 Å². The molecule has 7 nitrogen and oxygen atoms in total. The molecule has 0 amide bonds. The molecule has 30 heavy (non-hydrogen) atoms. The van der Waals surface area contributed by atoms with Crippen LogP contribution in [0.15, 0.2) is 29.1 Å². The highest BCUT2D eigenvalue weighted by atomic mass is 32.1. The van der Waals surface area contributed by atoms with Gasteiger partial charge in [0.1, 0.15) is 16.5 Å². The summed E-state index contributed by atoms with van der Waals surface area (Å²) in [5.74, 6) is 1.96. The minimum absolute atomic E-state index is 0.767. The summed E-state index contributed by atoms with van der Waals surface area (Å²) in [6, 6.07) is 4.29. The lowest BCUT2D eigenvalue weighted by molar-refractivity contribution is 0.0331. The zero-order valence-corrected chi connectivity index (χ0v) is 18.1. The van der Waals surface area contributed by atoms with Crippen molar-refractivity contribution in [1.82, 2.24) is 25.1 Å². The predicted octanol–water partition coefficient (Wildman–Crippen LogP) is 3.54. The molecule has 2 aliphatic heterocycles. The molecule has 2 aliphatic rings. The fraction of sp³-hybridized carbons (Fsp3) is 0.381. The number of nitrogens with zero attached hydrogens (tertiary/aromatic N) is 5. The standard InChI is InChI=1S/C21H22N6OS2/c1-2-17(29-9-1)15-13-30-21-19(15)20(27-4-3-16-14(11-27)10-22-25-16)23-18(24-21)12-26-5-7-28-8-6-26/h1-2,9-10,13H,3-8,11-12H2,(H,22,25). The maximum absolute atomic E-state index is 5.50. The third kappa shape index (κ3) is 3.31. The third-order valence-electron chi connectivity index (χ3n) is 5.82. The highest BCUT2D eigenvalue weighted by Crippen LogP contribution is 2.41. The molecule has 0 radical (unpaired) electrons. The van der Waals surface area contributed by atoms with Crippen molar-refractivity contribution in [2.75, 3.05) is 37.7 Å². The molecule has 1 saturated heterocycles. The van der Waals surface area contributed by atoms with Crippen LogP contribution in [0.25, 0.3) is 20.7 Å². The van der Waals surface area contributed by atoms with Crippen molar-refractivity contribution in [3.8, 4) is 10.4 Å². The van der Waals surface area contributed by atoms with Crippen LogP contribution in [-0.2, 0) is 24.2 Å². The third-order valence-corrected chi connectivity index (χ3v) is 7.59. The molecular formula is C21H22N6OS2. The minimum Gasteiger partial charge on any atom is -0.379 e. The van der Waals surface area contributed by atoms with Gasteiger partial charge in [-0.25, -0.2) is 9.97 Å². The quantitative estimate of drug-likeness (QED) is 0.526. The Hall–Kier alpha value is -2.33. The molecule has 0 bridgehead atoms. The van der Waals surface area contributed by atoms with Crippen molar-refractivity contribution < 1.29 is 4.74 Å². The zero-order chi connectivity index (χ0) is 19.9. The van der Waals surface area contributed by atoms with Gasteiger partial charge in [-0.15, -0.1) is 22.7 Å². The van der Waals surface area contributed by atoms with Crippen LogP contribution in [0.1, 0.15) is 17.1 Å². The zero-order valence-electron chi connectivity index (χ0n) is 16.5. The van der Waals surface area contributed by atoms with Crippen LogP contribution in [0.2, 0.25) is 0 Å². The Balaban J connectivity index is 1.44. The molecular weight excluding hydrogens is 416 g/mol. The number of thiophene rings is 2. The first-order chi connectivity index (χ1) is 14.8. The minimum atomic E-state index is 0.767. The van der Waals surface area contributed by atoms with Gasteiger partial charge in [-0.2, -0.15) is 5.10 Å². The van der Waals surface area contributed by atoms with Gasteiger partial charge in [0, 0.05) is 59.7 Å². The monoisotopic (exact) mass is 438 g/mol. The SMILES string of the molecule is c1csc(-c2csc3nc(CN4CCOCC4)nc(N4CCc5[nH]ncc5C4)c23)c1. The van der Waals surface area contributed by atoms with Gasteiger partial charge in [-0.1, -0.05) is 6.07 Å². The topological polar surface area (TPSA) is 70.2 Å². The second-order valence-electron chi connectivity index (χ2n) is 7.70. The Morgan fingerprint density at radius 2 is 2.07 bits per heavy atom. The van der Waals surface area contributed by atoms with Crippen molar-refractivity contribution in [3.05, 3.63) is 46.2 Å². The van der Waals surface area contributed by atoms with Crippen molar-refractivity contribution >= 4 is 38.7 Å². The summed E-state index contributed by atoms with van der Waals surface area (Å²) in [7, 11) is 0. The van der Waals surface area contributed by atoms with Crippen LogP contribution in [0.3, 0.4) is 0 Å². The Morgan fingerprint density at radius 1 is 1.13 bits per heavy atom. The van der Waals surface area contributed by atoms with E-state index in [9.17, 15) is 0 Å². The van der Waals surface area contributed by atoms with Crippen LogP contribution in [-0.4, -0.2) is 57.9 Å². The van der Waals surface area contributed by atoms with Crippen LogP contribution in [0.4, 0.5) is 5.82 Å². The summed E-state index contributed by atoms with van der Waals surface area (Å²) >= 11 is 3.49. The van der Waals surface area contributed by atoms with Crippen molar-refractivity contribution in [1.29, 1.82) is 0 Å². The van der Waals surface area contributed by atoms with Gasteiger partial charge in [0.2, 0.25) is 0 Å². The smallest absolute Gasteiger partial charge is 0.146 e. The molecule has 9 heteroatoms. The fourth-order valence-corrected chi connectivity index (χ4v) is 6.02. The number of hydrogen-bond acceptors (Lipinski definition) is 8. The van der Waals surface area contributed by atoms with Crippen LogP contribution in [0.5, 0.6) is 0 Å². The first-order valence-corrected chi connectivity index (χ1v) is 12.0. The number of aromatic nitrogens is 4. The van der Waals surface area contributed by atoms with E-state index in [1.54, 1.807) is 22.7 Å². The maximum atomic E-state index is 5.50. The first kappa shape index (κ1) is 18.4. The lowest BCUT2D eigenvalue weighted by atomic mass is 10.1. The van der Waals surface area contributed by atoms with E-state index in [2.05, 4.69) is 42.9 Å². The summed E-state index contributed by atoms with van der Waals surface area (Å²) in [6.45, 7) is 5.96. The summed E-state index contributed by atoms with van der Waals surface area (Å²) in [5.41, 5.74) is 3.75. The van der Waals surface area contributed by atoms with E-state index in [4.69, 9.17) is 14.7 Å². The summed E-state index contributed by atoms with van der Waals surface area (Å²) < 4.78 is 5.50. The normalized spacial score (nSPS) is 17.5. The average molecular weight is 439 g/mol. The van der Waals surface area contributed by atoms with E-state index in [0.29, 0.717) is 0 Å². The molecule has 6 heterocycles. The van der Waals surface area contributed by atoms with E-state index in [0.717, 1.165) is 68.8 Å². The molecule has 0 aromatic carbocycles. The number of anilines is 1. The van der Waals surface area contributed by atoms with Crippen LogP contribution < -0.4 is 4.90 Å². The van der Waals surface area contributed by atoms with Gasteiger partial charge in [0.15, 0.2) is 0 Å². The molecule has 154 valence electrons. The van der Waals surface area contributed by atoms with Crippen molar-refractivity contribution in [3.63, 3.8) is 0 Å². The van der Waals surface area contributed by atoms with Gasteiger partial charge < -0.3 is 9.64 Å². The molecule has 6 rings (SSSR count).